The molecular weight excluding hydrogens is 399 g/mol. The summed E-state index contributed by atoms with van der Waals surface area (Å²) in [4.78, 5) is 12.3. The number of rotatable bonds is 7. The van der Waals surface area contributed by atoms with E-state index in [4.69, 9.17) is 16.3 Å². The molecule has 1 heterocycles. The van der Waals surface area contributed by atoms with Gasteiger partial charge in [0, 0.05) is 17.3 Å². The number of carbonyl (C=O) groups is 1. The van der Waals surface area contributed by atoms with Crippen molar-refractivity contribution >= 4 is 23.2 Å². The van der Waals surface area contributed by atoms with Crippen molar-refractivity contribution in [3.63, 3.8) is 0 Å². The van der Waals surface area contributed by atoms with Gasteiger partial charge >= 0.3 is 6.61 Å². The molecule has 0 aliphatic carbocycles. The molecule has 0 aliphatic rings. The molecule has 0 radical (unpaired) electrons. The number of nitrogens with one attached hydrogen (secondary N) is 1. The Bertz CT molecular complexity index is 981. The normalized spacial score (nSPS) is 10.8. The van der Waals surface area contributed by atoms with Crippen molar-refractivity contribution in [2.24, 2.45) is 0 Å². The fourth-order valence-electron chi connectivity index (χ4n) is 2.23. The van der Waals surface area contributed by atoms with E-state index in [2.05, 4.69) is 15.2 Å². The van der Waals surface area contributed by atoms with E-state index >= 15 is 0 Å². The first kappa shape index (κ1) is 19.6. The van der Waals surface area contributed by atoms with Crippen molar-refractivity contribution in [3.8, 4) is 11.5 Å². The summed E-state index contributed by atoms with van der Waals surface area (Å²) >= 11 is 5.87. The van der Waals surface area contributed by atoms with Crippen LogP contribution in [0.25, 0.3) is 0 Å². The molecule has 0 saturated heterocycles. The van der Waals surface area contributed by atoms with Crippen molar-refractivity contribution in [1.29, 1.82) is 0 Å². The summed E-state index contributed by atoms with van der Waals surface area (Å²) in [5, 5.41) is 6.90. The topological polar surface area (TPSA) is 65.4 Å². The largest absolute Gasteiger partial charge is 0.471 e. The van der Waals surface area contributed by atoms with Crippen LogP contribution in [0, 0.1) is 5.82 Å². The van der Waals surface area contributed by atoms with Crippen molar-refractivity contribution in [2.75, 3.05) is 5.32 Å². The molecule has 3 rings (SSSR count). The summed E-state index contributed by atoms with van der Waals surface area (Å²) in [7, 11) is 0. The van der Waals surface area contributed by atoms with Gasteiger partial charge in [-0.1, -0.05) is 17.7 Å². The highest BCUT2D eigenvalue weighted by Gasteiger charge is 2.16. The van der Waals surface area contributed by atoms with Crippen LogP contribution in [-0.2, 0) is 6.73 Å². The van der Waals surface area contributed by atoms with Gasteiger partial charge < -0.3 is 14.8 Å². The number of benzene rings is 2. The molecule has 1 amide bonds. The molecular formula is C18H13ClF3N3O3. The van der Waals surface area contributed by atoms with Gasteiger partial charge in [0.1, 0.15) is 11.6 Å². The van der Waals surface area contributed by atoms with Crippen molar-refractivity contribution in [2.45, 2.75) is 13.3 Å². The Kier molecular flexibility index (Phi) is 6.05. The molecule has 10 heteroatoms. The number of anilines is 1. The van der Waals surface area contributed by atoms with Crippen LogP contribution in [0.5, 0.6) is 11.5 Å². The van der Waals surface area contributed by atoms with Gasteiger partial charge in [-0.15, -0.1) is 0 Å². The number of ether oxygens (including phenoxy) is 2. The molecule has 146 valence electrons. The zero-order chi connectivity index (χ0) is 20.1. The van der Waals surface area contributed by atoms with Gasteiger partial charge in [-0.3, -0.25) is 4.79 Å². The Morgan fingerprint density at radius 1 is 1.21 bits per heavy atom. The number of amides is 1. The summed E-state index contributed by atoms with van der Waals surface area (Å²) < 4.78 is 49.2. The highest BCUT2D eigenvalue weighted by Crippen LogP contribution is 2.27. The predicted molar refractivity (Wildman–Crippen MR) is 95.3 cm³/mol. The zero-order valence-electron chi connectivity index (χ0n) is 14.1. The highest BCUT2D eigenvalue weighted by atomic mass is 35.5. The Morgan fingerprint density at radius 2 is 2.04 bits per heavy atom. The molecule has 28 heavy (non-hydrogen) atoms. The molecule has 0 atom stereocenters. The number of hydrogen-bond donors (Lipinski definition) is 1. The van der Waals surface area contributed by atoms with E-state index in [1.54, 1.807) is 24.3 Å². The first-order valence-corrected chi connectivity index (χ1v) is 8.26. The SMILES string of the molecule is O=C(Nc1ccc(F)cc1OC(F)F)c1ccn(COc2cccc(Cl)c2)n1. The van der Waals surface area contributed by atoms with Crippen LogP contribution in [0.15, 0.2) is 54.7 Å². The van der Waals surface area contributed by atoms with Crippen molar-refractivity contribution in [1.82, 2.24) is 9.78 Å². The minimum atomic E-state index is -3.17. The third kappa shape index (κ3) is 5.17. The average molecular weight is 412 g/mol. The fourth-order valence-corrected chi connectivity index (χ4v) is 2.41. The average Bonchev–Trinajstić information content (AvgIpc) is 3.11. The maximum atomic E-state index is 13.2. The van der Waals surface area contributed by atoms with Gasteiger partial charge in [-0.05, 0) is 36.4 Å². The second-order valence-electron chi connectivity index (χ2n) is 5.44. The third-order valence-corrected chi connectivity index (χ3v) is 3.68. The van der Waals surface area contributed by atoms with E-state index in [-0.39, 0.29) is 18.1 Å². The van der Waals surface area contributed by atoms with E-state index < -0.39 is 24.1 Å². The Morgan fingerprint density at radius 3 is 2.79 bits per heavy atom. The van der Waals surface area contributed by atoms with E-state index in [0.717, 1.165) is 18.2 Å². The minimum absolute atomic E-state index is 0.00187. The van der Waals surface area contributed by atoms with Gasteiger partial charge in [0.05, 0.1) is 5.69 Å². The fraction of sp³-hybridized carbons (Fsp3) is 0.111. The van der Waals surface area contributed by atoms with Gasteiger partial charge in [0.15, 0.2) is 18.2 Å². The van der Waals surface area contributed by atoms with E-state index in [9.17, 15) is 18.0 Å². The molecule has 2 aromatic carbocycles. The summed E-state index contributed by atoms with van der Waals surface area (Å²) in [5.41, 5.74) is -0.113. The number of hydrogen-bond acceptors (Lipinski definition) is 4. The number of aromatic nitrogens is 2. The molecule has 0 unspecified atom stereocenters. The Labute approximate surface area is 162 Å². The summed E-state index contributed by atoms with van der Waals surface area (Å²) in [6.45, 7) is -3.15. The van der Waals surface area contributed by atoms with Crippen LogP contribution in [0.3, 0.4) is 0 Å². The van der Waals surface area contributed by atoms with Crippen molar-refractivity contribution < 1.29 is 27.4 Å². The number of carbonyl (C=O) groups excluding carboxylic acids is 1. The monoisotopic (exact) mass is 411 g/mol. The van der Waals surface area contributed by atoms with Crippen LogP contribution in [0.4, 0.5) is 18.9 Å². The van der Waals surface area contributed by atoms with Crippen molar-refractivity contribution in [3.05, 3.63) is 71.3 Å². The van der Waals surface area contributed by atoms with Crippen LogP contribution in [0.2, 0.25) is 5.02 Å². The van der Waals surface area contributed by atoms with Crippen LogP contribution in [-0.4, -0.2) is 22.3 Å². The van der Waals surface area contributed by atoms with E-state index in [0.29, 0.717) is 10.8 Å². The zero-order valence-corrected chi connectivity index (χ0v) is 14.9. The second kappa shape index (κ2) is 8.66. The van der Waals surface area contributed by atoms with Crippen LogP contribution < -0.4 is 14.8 Å². The van der Waals surface area contributed by atoms with E-state index in [1.807, 2.05) is 0 Å². The predicted octanol–water partition coefficient (Wildman–Crippen LogP) is 4.57. The molecule has 1 N–H and O–H groups in total. The Hall–Kier alpha value is -3.20. The molecule has 0 bridgehead atoms. The van der Waals surface area contributed by atoms with Gasteiger partial charge in [-0.25, -0.2) is 9.07 Å². The molecule has 1 aromatic heterocycles. The smallest absolute Gasteiger partial charge is 0.387 e. The van der Waals surface area contributed by atoms with Crippen LogP contribution in [0.1, 0.15) is 10.5 Å². The number of halogens is 4. The molecule has 0 aliphatic heterocycles. The molecule has 0 fully saturated rings. The lowest BCUT2D eigenvalue weighted by atomic mass is 10.2. The lowest BCUT2D eigenvalue weighted by Crippen LogP contribution is -2.15. The molecule has 0 spiro atoms. The molecule has 0 saturated carbocycles. The number of nitrogens with zero attached hydrogens (tertiary/aromatic N) is 2. The summed E-state index contributed by atoms with van der Waals surface area (Å²) in [6, 6.07) is 11.0. The second-order valence-corrected chi connectivity index (χ2v) is 5.88. The first-order valence-electron chi connectivity index (χ1n) is 7.88. The van der Waals surface area contributed by atoms with E-state index in [1.165, 1.54) is 16.9 Å². The summed E-state index contributed by atoms with van der Waals surface area (Å²) in [6.07, 6.45) is 1.50. The first-order chi connectivity index (χ1) is 13.4. The number of alkyl halides is 2. The maximum absolute atomic E-state index is 13.2. The van der Waals surface area contributed by atoms with Crippen LogP contribution >= 0.6 is 11.6 Å². The van der Waals surface area contributed by atoms with Gasteiger partial charge in [0.25, 0.3) is 5.91 Å². The minimum Gasteiger partial charge on any atom is -0.471 e. The third-order valence-electron chi connectivity index (χ3n) is 3.44. The molecule has 6 nitrogen and oxygen atoms in total. The lowest BCUT2D eigenvalue weighted by Gasteiger charge is -2.11. The standard InChI is InChI=1S/C18H13ClF3N3O3/c19-11-2-1-3-13(8-11)27-10-25-7-6-15(24-25)17(26)23-14-5-4-12(20)9-16(14)28-18(21)22/h1-9,18H,10H2,(H,23,26). The Balaban J connectivity index is 1.66. The van der Waals surface area contributed by atoms with Gasteiger partial charge in [-0.2, -0.15) is 13.9 Å². The quantitative estimate of drug-likeness (QED) is 0.618. The maximum Gasteiger partial charge on any atom is 0.387 e. The molecule has 3 aromatic rings. The highest BCUT2D eigenvalue weighted by molar-refractivity contribution is 6.30. The summed E-state index contributed by atoms with van der Waals surface area (Å²) in [5.74, 6) is -1.44. The lowest BCUT2D eigenvalue weighted by molar-refractivity contribution is -0.0495. The van der Waals surface area contributed by atoms with Gasteiger partial charge in [0.2, 0.25) is 0 Å².